The summed E-state index contributed by atoms with van der Waals surface area (Å²) in [6.45, 7) is 0. The maximum atomic E-state index is 11.8. The van der Waals surface area contributed by atoms with Gasteiger partial charge in [0.25, 0.3) is 6.29 Å². The topological polar surface area (TPSA) is 30.0 Å². The molecule has 0 unspecified atom stereocenters. The minimum Gasteiger partial charge on any atom is -0.282 e. The zero-order chi connectivity index (χ0) is 8.48. The van der Waals surface area contributed by atoms with Gasteiger partial charge >= 0.3 is 6.18 Å². The molecule has 0 fully saturated rings. The molecular weight excluding hydrogens is 179 g/mol. The Kier molecular flexibility index (Phi) is 1.95. The zero-order valence-corrected chi connectivity index (χ0v) is 5.79. The molecule has 2 nitrogen and oxygen atoms in total. The van der Waals surface area contributed by atoms with Gasteiger partial charge in [0.2, 0.25) is 0 Å². The van der Waals surface area contributed by atoms with E-state index in [1.165, 1.54) is 6.29 Å². The molecule has 6 heteroatoms. The lowest BCUT2D eigenvalue weighted by molar-refractivity contribution is -0.140. The summed E-state index contributed by atoms with van der Waals surface area (Å²) in [4.78, 5) is 12.8. The molecule has 1 rings (SSSR count). The van der Waals surface area contributed by atoms with E-state index in [0.29, 0.717) is 11.3 Å². The Labute approximate surface area is 63.7 Å². The molecule has 11 heavy (non-hydrogen) atoms. The molecule has 1 radical (unpaired) electrons. The predicted molar refractivity (Wildman–Crippen MR) is 31.9 cm³/mol. The van der Waals surface area contributed by atoms with E-state index in [1.807, 2.05) is 0 Å². The first-order chi connectivity index (χ1) is 5.04. The highest BCUT2D eigenvalue weighted by atomic mass is 32.1. The van der Waals surface area contributed by atoms with Crippen LogP contribution in [-0.2, 0) is 11.0 Å². The highest BCUT2D eigenvalue weighted by Crippen LogP contribution is 2.29. The van der Waals surface area contributed by atoms with Crippen molar-refractivity contribution < 1.29 is 18.0 Å². The van der Waals surface area contributed by atoms with Crippen LogP contribution < -0.4 is 0 Å². The zero-order valence-electron chi connectivity index (χ0n) is 4.97. The van der Waals surface area contributed by atoms with Crippen molar-refractivity contribution in [3.8, 4) is 0 Å². The molecule has 0 aliphatic rings. The summed E-state index contributed by atoms with van der Waals surface area (Å²) in [5.41, 5.74) is -1.04. The molecule has 0 saturated heterocycles. The molecule has 0 atom stereocenters. The predicted octanol–water partition coefficient (Wildman–Crippen LogP) is 1.62. The van der Waals surface area contributed by atoms with Gasteiger partial charge in [-0.2, -0.15) is 13.2 Å². The lowest BCUT2D eigenvalue weighted by Crippen LogP contribution is -2.05. The summed E-state index contributed by atoms with van der Waals surface area (Å²) in [7, 11) is 0. The molecular formula is C5HF3NOS. The minimum atomic E-state index is -4.47. The SMILES string of the molecule is O=[C]c1nc(C(F)(F)F)cs1. The molecule has 0 aromatic carbocycles. The van der Waals surface area contributed by atoms with Crippen LogP contribution in [0, 0.1) is 0 Å². The Morgan fingerprint density at radius 3 is 2.45 bits per heavy atom. The van der Waals surface area contributed by atoms with E-state index in [-0.39, 0.29) is 5.01 Å². The molecule has 1 heterocycles. The summed E-state index contributed by atoms with van der Waals surface area (Å²) in [5.74, 6) is 0. The van der Waals surface area contributed by atoms with Crippen molar-refractivity contribution in [1.82, 2.24) is 4.98 Å². The fraction of sp³-hybridized carbons (Fsp3) is 0.200. The molecule has 1 aromatic rings. The van der Waals surface area contributed by atoms with Crippen LogP contribution in [0.3, 0.4) is 0 Å². The van der Waals surface area contributed by atoms with Crippen molar-refractivity contribution in [2.24, 2.45) is 0 Å². The first-order valence-electron chi connectivity index (χ1n) is 2.45. The number of nitrogens with zero attached hydrogens (tertiary/aromatic N) is 1. The fourth-order valence-corrected chi connectivity index (χ4v) is 1.06. The molecule has 0 bridgehead atoms. The van der Waals surface area contributed by atoms with E-state index >= 15 is 0 Å². The van der Waals surface area contributed by atoms with Crippen LogP contribution >= 0.6 is 11.3 Å². The summed E-state index contributed by atoms with van der Waals surface area (Å²) in [5, 5.41) is 0.498. The van der Waals surface area contributed by atoms with E-state index in [4.69, 9.17) is 0 Å². The Morgan fingerprint density at radius 2 is 2.18 bits per heavy atom. The van der Waals surface area contributed by atoms with Crippen molar-refractivity contribution in [1.29, 1.82) is 0 Å². The van der Waals surface area contributed by atoms with Gasteiger partial charge < -0.3 is 0 Å². The molecule has 59 valence electrons. The normalized spacial score (nSPS) is 11.5. The molecule has 0 amide bonds. The summed E-state index contributed by atoms with van der Waals surface area (Å²) < 4.78 is 35.3. The second kappa shape index (κ2) is 2.61. The first-order valence-corrected chi connectivity index (χ1v) is 3.33. The number of halogens is 3. The number of hydrogen-bond acceptors (Lipinski definition) is 3. The van der Waals surface area contributed by atoms with Gasteiger partial charge in [-0.3, -0.25) is 4.79 Å². The van der Waals surface area contributed by atoms with Gasteiger partial charge in [0, 0.05) is 5.38 Å². The highest BCUT2D eigenvalue weighted by molar-refractivity contribution is 7.11. The Bertz CT molecular complexity index is 267. The Morgan fingerprint density at radius 1 is 1.55 bits per heavy atom. The van der Waals surface area contributed by atoms with Crippen LogP contribution in [0.4, 0.5) is 13.2 Å². The number of hydrogen-bond donors (Lipinski definition) is 0. The summed E-state index contributed by atoms with van der Waals surface area (Å²) in [6, 6.07) is 0. The standard InChI is InChI=1S/C5HF3NOS/c6-5(7,8)3-2-11-4(1-10)9-3/h2H. The maximum absolute atomic E-state index is 11.8. The fourth-order valence-electron chi connectivity index (χ4n) is 0.451. The third kappa shape index (κ3) is 1.76. The average molecular weight is 180 g/mol. The molecule has 0 saturated carbocycles. The smallest absolute Gasteiger partial charge is 0.282 e. The van der Waals surface area contributed by atoms with Gasteiger partial charge in [-0.25, -0.2) is 4.98 Å². The lowest BCUT2D eigenvalue weighted by Gasteiger charge is -1.98. The van der Waals surface area contributed by atoms with Crippen LogP contribution in [0.5, 0.6) is 0 Å². The number of alkyl halides is 3. The van der Waals surface area contributed by atoms with Crippen molar-refractivity contribution in [3.05, 3.63) is 16.1 Å². The van der Waals surface area contributed by atoms with Gasteiger partial charge in [-0.15, -0.1) is 11.3 Å². The van der Waals surface area contributed by atoms with Crippen molar-refractivity contribution in [3.63, 3.8) is 0 Å². The van der Waals surface area contributed by atoms with Crippen LogP contribution in [0.1, 0.15) is 10.7 Å². The van der Waals surface area contributed by atoms with Gasteiger partial charge in [-0.05, 0) is 0 Å². The molecule has 0 N–H and O–H groups in total. The van der Waals surface area contributed by atoms with E-state index in [1.54, 1.807) is 0 Å². The van der Waals surface area contributed by atoms with Gasteiger partial charge in [0.1, 0.15) is 0 Å². The van der Waals surface area contributed by atoms with Crippen LogP contribution in [0.25, 0.3) is 0 Å². The van der Waals surface area contributed by atoms with E-state index in [0.717, 1.165) is 5.38 Å². The number of rotatable bonds is 1. The monoisotopic (exact) mass is 180 g/mol. The second-order valence-electron chi connectivity index (χ2n) is 1.64. The van der Waals surface area contributed by atoms with Crippen LogP contribution in [0.15, 0.2) is 5.38 Å². The van der Waals surface area contributed by atoms with Gasteiger partial charge in [0.05, 0.1) is 0 Å². The molecule has 0 spiro atoms. The minimum absolute atomic E-state index is 0.280. The number of aromatic nitrogens is 1. The Hall–Kier alpha value is -0.910. The number of thiazole rings is 1. The van der Waals surface area contributed by atoms with E-state index < -0.39 is 11.9 Å². The summed E-state index contributed by atoms with van der Waals surface area (Å²) >= 11 is 0.622. The van der Waals surface area contributed by atoms with Gasteiger partial charge in [-0.1, -0.05) is 0 Å². The maximum Gasteiger partial charge on any atom is 0.434 e. The largest absolute Gasteiger partial charge is 0.434 e. The lowest BCUT2D eigenvalue weighted by atomic mass is 10.5. The quantitative estimate of drug-likeness (QED) is 0.657. The van der Waals surface area contributed by atoms with E-state index in [9.17, 15) is 18.0 Å². The molecule has 0 aliphatic carbocycles. The van der Waals surface area contributed by atoms with Crippen molar-refractivity contribution >= 4 is 17.6 Å². The second-order valence-corrected chi connectivity index (χ2v) is 2.50. The van der Waals surface area contributed by atoms with Crippen molar-refractivity contribution in [2.75, 3.05) is 0 Å². The first kappa shape index (κ1) is 8.19. The Balaban J connectivity index is 2.98. The third-order valence-electron chi connectivity index (χ3n) is 0.882. The highest BCUT2D eigenvalue weighted by Gasteiger charge is 2.33. The van der Waals surface area contributed by atoms with Gasteiger partial charge in [0.15, 0.2) is 10.7 Å². The van der Waals surface area contributed by atoms with Crippen LogP contribution in [-0.4, -0.2) is 11.3 Å². The average Bonchev–Trinajstić information content (AvgIpc) is 2.32. The van der Waals surface area contributed by atoms with E-state index in [2.05, 4.69) is 4.98 Å². The molecule has 1 aromatic heterocycles. The third-order valence-corrected chi connectivity index (χ3v) is 1.62. The summed E-state index contributed by atoms with van der Waals surface area (Å²) in [6.07, 6.45) is -3.19. The van der Waals surface area contributed by atoms with Crippen LogP contribution in [0.2, 0.25) is 0 Å². The molecule has 0 aliphatic heterocycles. The van der Waals surface area contributed by atoms with Crippen molar-refractivity contribution in [2.45, 2.75) is 6.18 Å². The number of carbonyl (C=O) groups excluding carboxylic acids is 1.